The van der Waals surface area contributed by atoms with Crippen LogP contribution in [0.4, 0.5) is 0 Å². The Hall–Kier alpha value is -1.96. The van der Waals surface area contributed by atoms with E-state index in [1.807, 2.05) is 12.1 Å². The minimum absolute atomic E-state index is 0. The predicted molar refractivity (Wildman–Crippen MR) is 89.2 cm³/mol. The summed E-state index contributed by atoms with van der Waals surface area (Å²) in [5.74, 6) is 1.74. The van der Waals surface area contributed by atoms with Crippen molar-refractivity contribution >= 4 is 0 Å². The van der Waals surface area contributed by atoms with E-state index < -0.39 is 0 Å². The highest BCUT2D eigenvalue weighted by Crippen LogP contribution is 2.32. The molecule has 21 heavy (non-hydrogen) atoms. The molecule has 1 heterocycles. The van der Waals surface area contributed by atoms with Crippen LogP contribution in [0, 0.1) is 6.92 Å². The normalized spacial score (nSPS) is 11.2. The summed E-state index contributed by atoms with van der Waals surface area (Å²) >= 11 is 0. The van der Waals surface area contributed by atoms with Crippen LogP contribution in [-0.2, 0) is 12.8 Å². The van der Waals surface area contributed by atoms with Crippen LogP contribution in [0.5, 0.6) is 11.5 Å². The second-order valence-corrected chi connectivity index (χ2v) is 4.88. The molecule has 114 valence electrons. The Kier molecular flexibility index (Phi) is 6.80. The number of aryl methyl sites for hydroxylation is 3. The van der Waals surface area contributed by atoms with Crippen molar-refractivity contribution in [2.75, 3.05) is 6.79 Å². The van der Waals surface area contributed by atoms with Gasteiger partial charge in [-0.2, -0.15) is 0 Å². The SMILES string of the molecule is C.CCc1ccc(C)cc1.CCc1ccc2c(c1)OCO2. The molecule has 0 spiro atoms. The van der Waals surface area contributed by atoms with E-state index in [1.165, 1.54) is 16.7 Å². The zero-order valence-electron chi connectivity index (χ0n) is 12.5. The van der Waals surface area contributed by atoms with Crippen LogP contribution in [-0.4, -0.2) is 6.79 Å². The quantitative estimate of drug-likeness (QED) is 0.758. The van der Waals surface area contributed by atoms with Crippen molar-refractivity contribution in [2.24, 2.45) is 0 Å². The number of hydrogen-bond acceptors (Lipinski definition) is 2. The highest BCUT2D eigenvalue weighted by molar-refractivity contribution is 5.44. The van der Waals surface area contributed by atoms with Crippen LogP contribution < -0.4 is 9.47 Å². The largest absolute Gasteiger partial charge is 0.454 e. The zero-order valence-corrected chi connectivity index (χ0v) is 12.5. The molecular formula is C19H26O2. The molecule has 0 fully saturated rings. The lowest BCUT2D eigenvalue weighted by atomic mass is 10.1. The fourth-order valence-corrected chi connectivity index (χ4v) is 1.98. The van der Waals surface area contributed by atoms with Gasteiger partial charge in [-0.05, 0) is 43.0 Å². The molecule has 2 aromatic rings. The average Bonchev–Trinajstić information content (AvgIpc) is 2.96. The first-order valence-corrected chi connectivity index (χ1v) is 7.17. The van der Waals surface area contributed by atoms with E-state index in [0.717, 1.165) is 24.3 Å². The van der Waals surface area contributed by atoms with Gasteiger partial charge >= 0.3 is 0 Å². The first kappa shape index (κ1) is 17.1. The molecule has 1 aliphatic rings. The molecule has 0 atom stereocenters. The molecule has 0 saturated heterocycles. The van der Waals surface area contributed by atoms with Gasteiger partial charge in [0.15, 0.2) is 11.5 Å². The lowest BCUT2D eigenvalue weighted by Gasteiger charge is -1.97. The Morgan fingerprint density at radius 2 is 1.38 bits per heavy atom. The van der Waals surface area contributed by atoms with E-state index in [2.05, 4.69) is 51.1 Å². The Morgan fingerprint density at radius 3 is 2.00 bits per heavy atom. The van der Waals surface area contributed by atoms with Crippen LogP contribution in [0.3, 0.4) is 0 Å². The molecule has 0 bridgehead atoms. The van der Waals surface area contributed by atoms with Gasteiger partial charge in [0.05, 0.1) is 0 Å². The number of fused-ring (bicyclic) bond motifs is 1. The van der Waals surface area contributed by atoms with Gasteiger partial charge in [0.1, 0.15) is 0 Å². The third-order valence-electron chi connectivity index (χ3n) is 3.37. The number of rotatable bonds is 2. The Morgan fingerprint density at radius 1 is 0.810 bits per heavy atom. The first-order chi connectivity index (χ1) is 9.72. The van der Waals surface area contributed by atoms with Gasteiger partial charge in [0.2, 0.25) is 6.79 Å². The summed E-state index contributed by atoms with van der Waals surface area (Å²) in [4.78, 5) is 0. The van der Waals surface area contributed by atoms with Gasteiger partial charge in [-0.15, -0.1) is 0 Å². The van der Waals surface area contributed by atoms with E-state index in [-0.39, 0.29) is 7.43 Å². The van der Waals surface area contributed by atoms with Gasteiger partial charge in [-0.1, -0.05) is 57.2 Å². The fourth-order valence-electron chi connectivity index (χ4n) is 1.98. The summed E-state index contributed by atoms with van der Waals surface area (Å²) in [7, 11) is 0. The van der Waals surface area contributed by atoms with Crippen LogP contribution in [0.15, 0.2) is 42.5 Å². The van der Waals surface area contributed by atoms with Crippen molar-refractivity contribution in [3.05, 3.63) is 59.2 Å². The molecule has 1 aliphatic heterocycles. The van der Waals surface area contributed by atoms with Gasteiger partial charge in [0, 0.05) is 0 Å². The number of benzene rings is 2. The van der Waals surface area contributed by atoms with E-state index >= 15 is 0 Å². The third-order valence-corrected chi connectivity index (χ3v) is 3.37. The number of hydrogen-bond donors (Lipinski definition) is 0. The van der Waals surface area contributed by atoms with Crippen LogP contribution in [0.2, 0.25) is 0 Å². The minimum atomic E-state index is 0. The molecule has 0 saturated carbocycles. The summed E-state index contributed by atoms with van der Waals surface area (Å²) in [6.45, 7) is 6.77. The van der Waals surface area contributed by atoms with Crippen molar-refractivity contribution in [3.8, 4) is 11.5 Å². The molecule has 0 radical (unpaired) electrons. The summed E-state index contributed by atoms with van der Waals surface area (Å²) in [6, 6.07) is 14.7. The van der Waals surface area contributed by atoms with E-state index in [9.17, 15) is 0 Å². The van der Waals surface area contributed by atoms with E-state index in [1.54, 1.807) is 0 Å². The summed E-state index contributed by atoms with van der Waals surface area (Å²) in [5.41, 5.74) is 4.04. The summed E-state index contributed by atoms with van der Waals surface area (Å²) in [6.07, 6.45) is 2.18. The first-order valence-electron chi connectivity index (χ1n) is 7.17. The number of ether oxygens (including phenoxy) is 2. The molecule has 2 aromatic carbocycles. The van der Waals surface area contributed by atoms with Gasteiger partial charge < -0.3 is 9.47 Å². The Balaban J connectivity index is 0.000000205. The standard InChI is InChI=1S/C9H10O2.C9H12.CH4/c1-2-7-3-4-8-9(5-7)11-6-10-8;1-3-9-6-4-8(2)5-7-9;/h3-5H,2,6H2,1H3;4-7H,3H2,1-2H3;1H4. The maximum Gasteiger partial charge on any atom is 0.231 e. The smallest absolute Gasteiger partial charge is 0.231 e. The van der Waals surface area contributed by atoms with Crippen LogP contribution in [0.1, 0.15) is 38.0 Å². The molecule has 0 aromatic heterocycles. The Bertz CT molecular complexity index is 544. The van der Waals surface area contributed by atoms with Crippen molar-refractivity contribution in [3.63, 3.8) is 0 Å². The molecular weight excluding hydrogens is 260 g/mol. The molecule has 0 N–H and O–H groups in total. The molecule has 0 unspecified atom stereocenters. The second kappa shape index (κ2) is 8.35. The lowest BCUT2D eigenvalue weighted by Crippen LogP contribution is -1.92. The molecule has 3 rings (SSSR count). The maximum absolute atomic E-state index is 5.22. The van der Waals surface area contributed by atoms with Gasteiger partial charge in [-0.25, -0.2) is 0 Å². The summed E-state index contributed by atoms with van der Waals surface area (Å²) in [5, 5.41) is 0. The lowest BCUT2D eigenvalue weighted by molar-refractivity contribution is 0.174. The second-order valence-electron chi connectivity index (χ2n) is 4.88. The maximum atomic E-state index is 5.22. The van der Waals surface area contributed by atoms with Gasteiger partial charge in [-0.3, -0.25) is 0 Å². The minimum Gasteiger partial charge on any atom is -0.454 e. The highest BCUT2D eigenvalue weighted by atomic mass is 16.7. The van der Waals surface area contributed by atoms with Crippen LogP contribution in [0.25, 0.3) is 0 Å². The zero-order chi connectivity index (χ0) is 14.4. The third kappa shape index (κ3) is 4.82. The molecule has 2 heteroatoms. The van der Waals surface area contributed by atoms with Crippen molar-refractivity contribution < 1.29 is 9.47 Å². The molecule has 0 aliphatic carbocycles. The van der Waals surface area contributed by atoms with E-state index in [0.29, 0.717) is 6.79 Å². The molecule has 2 nitrogen and oxygen atoms in total. The fraction of sp³-hybridized carbons (Fsp3) is 0.368. The summed E-state index contributed by atoms with van der Waals surface area (Å²) < 4.78 is 10.4. The predicted octanol–water partition coefficient (Wildman–Crippen LogP) is 5.17. The van der Waals surface area contributed by atoms with Crippen molar-refractivity contribution in [2.45, 2.75) is 41.0 Å². The van der Waals surface area contributed by atoms with E-state index in [4.69, 9.17) is 9.47 Å². The van der Waals surface area contributed by atoms with Crippen molar-refractivity contribution in [1.82, 2.24) is 0 Å². The monoisotopic (exact) mass is 286 g/mol. The topological polar surface area (TPSA) is 18.5 Å². The van der Waals surface area contributed by atoms with Gasteiger partial charge in [0.25, 0.3) is 0 Å². The molecule has 0 amide bonds. The van der Waals surface area contributed by atoms with Crippen molar-refractivity contribution in [1.29, 1.82) is 0 Å². The Labute approximate surface area is 128 Å². The highest BCUT2D eigenvalue weighted by Gasteiger charge is 2.11. The van der Waals surface area contributed by atoms with Crippen LogP contribution >= 0.6 is 0 Å². The average molecular weight is 286 g/mol.